The predicted octanol–water partition coefficient (Wildman–Crippen LogP) is 3.45. The van der Waals surface area contributed by atoms with Crippen LogP contribution in [0.15, 0.2) is 66.7 Å². The van der Waals surface area contributed by atoms with Crippen LogP contribution in [0.1, 0.15) is 29.7 Å². The van der Waals surface area contributed by atoms with E-state index in [-0.39, 0.29) is 6.10 Å². The first kappa shape index (κ1) is 23.6. The summed E-state index contributed by atoms with van der Waals surface area (Å²) in [6.45, 7) is 4.08. The minimum atomic E-state index is -0.752. The number of methoxy groups -OCH3 is 1. The van der Waals surface area contributed by atoms with E-state index in [1.165, 1.54) is 5.56 Å². The zero-order valence-electron chi connectivity index (χ0n) is 20.9. The van der Waals surface area contributed by atoms with E-state index in [0.29, 0.717) is 19.0 Å². The van der Waals surface area contributed by atoms with Gasteiger partial charge in [0, 0.05) is 38.7 Å². The molecular weight excluding hydrogens is 450 g/mol. The highest BCUT2D eigenvalue weighted by Crippen LogP contribution is 2.43. The van der Waals surface area contributed by atoms with Crippen LogP contribution >= 0.6 is 0 Å². The molecule has 0 spiro atoms. The van der Waals surface area contributed by atoms with Crippen LogP contribution in [0.3, 0.4) is 0 Å². The zero-order valence-corrected chi connectivity index (χ0v) is 20.9. The number of β-amino-alcohol motifs (C(OH)–C–C–N with tert-alkyl or cyclic N) is 1. The Morgan fingerprint density at radius 2 is 1.72 bits per heavy atom. The fourth-order valence-electron chi connectivity index (χ4n) is 6.33. The lowest BCUT2D eigenvalue weighted by Crippen LogP contribution is -2.57. The molecule has 3 aromatic rings. The van der Waals surface area contributed by atoms with Crippen molar-refractivity contribution in [3.8, 4) is 11.1 Å². The molecule has 7 rings (SSSR count). The van der Waals surface area contributed by atoms with E-state index in [1.54, 1.807) is 7.11 Å². The zero-order chi connectivity index (χ0) is 24.7. The van der Waals surface area contributed by atoms with Gasteiger partial charge in [-0.15, -0.1) is 0 Å². The number of aliphatic hydroxyl groups is 2. The molecule has 1 aromatic heterocycles. The predicted molar refractivity (Wildman–Crippen MR) is 141 cm³/mol. The van der Waals surface area contributed by atoms with Crippen LogP contribution in [0.4, 0.5) is 5.82 Å². The van der Waals surface area contributed by atoms with E-state index < -0.39 is 11.7 Å². The number of ether oxygens (including phenoxy) is 1. The number of fused-ring (bicyclic) bond motifs is 3. The molecule has 3 unspecified atom stereocenters. The lowest BCUT2D eigenvalue weighted by molar-refractivity contribution is -0.117. The first-order valence-corrected chi connectivity index (χ1v) is 13.1. The Bertz CT molecular complexity index is 1190. The van der Waals surface area contributed by atoms with Gasteiger partial charge in [-0.3, -0.25) is 0 Å². The average Bonchev–Trinajstić information content (AvgIpc) is 3.30. The van der Waals surface area contributed by atoms with E-state index in [9.17, 15) is 10.2 Å². The van der Waals surface area contributed by atoms with Crippen LogP contribution < -0.4 is 4.90 Å². The summed E-state index contributed by atoms with van der Waals surface area (Å²) in [5.41, 5.74) is 4.67. The van der Waals surface area contributed by atoms with Crippen molar-refractivity contribution in [2.45, 2.75) is 37.1 Å². The number of hydrogen-bond donors (Lipinski definition) is 2. The van der Waals surface area contributed by atoms with Crippen molar-refractivity contribution in [1.82, 2.24) is 9.88 Å². The molecule has 6 nitrogen and oxygen atoms in total. The summed E-state index contributed by atoms with van der Waals surface area (Å²) >= 11 is 0. The maximum Gasteiger partial charge on any atom is 0.129 e. The van der Waals surface area contributed by atoms with Gasteiger partial charge in [-0.2, -0.15) is 0 Å². The van der Waals surface area contributed by atoms with Crippen LogP contribution in [-0.4, -0.2) is 72.1 Å². The molecule has 188 valence electrons. The summed E-state index contributed by atoms with van der Waals surface area (Å²) in [5, 5.41) is 21.9. The van der Waals surface area contributed by atoms with Crippen LogP contribution in [0.2, 0.25) is 0 Å². The van der Waals surface area contributed by atoms with Gasteiger partial charge in [0.15, 0.2) is 0 Å². The molecule has 0 aliphatic carbocycles. The van der Waals surface area contributed by atoms with Gasteiger partial charge in [0.1, 0.15) is 17.5 Å². The minimum Gasteiger partial charge on any atom is -0.388 e. The molecule has 3 atom stereocenters. The monoisotopic (exact) mass is 485 g/mol. The van der Waals surface area contributed by atoms with Gasteiger partial charge in [0.2, 0.25) is 0 Å². The average molecular weight is 486 g/mol. The van der Waals surface area contributed by atoms with Gasteiger partial charge < -0.3 is 24.7 Å². The molecule has 4 aliphatic rings. The number of piperidine rings is 3. The van der Waals surface area contributed by atoms with E-state index >= 15 is 0 Å². The minimum absolute atomic E-state index is 0.200. The van der Waals surface area contributed by atoms with Crippen LogP contribution in [0.5, 0.6) is 0 Å². The number of rotatable bonds is 6. The molecule has 2 bridgehead atoms. The Morgan fingerprint density at radius 3 is 2.36 bits per heavy atom. The second-order valence-electron chi connectivity index (χ2n) is 10.6. The molecule has 0 amide bonds. The van der Waals surface area contributed by atoms with E-state index in [2.05, 4.69) is 64.4 Å². The van der Waals surface area contributed by atoms with Gasteiger partial charge in [-0.25, -0.2) is 4.98 Å². The summed E-state index contributed by atoms with van der Waals surface area (Å²) < 4.78 is 5.44. The van der Waals surface area contributed by atoms with Crippen molar-refractivity contribution in [2.75, 3.05) is 44.7 Å². The van der Waals surface area contributed by atoms with Crippen LogP contribution in [0.25, 0.3) is 11.1 Å². The summed E-state index contributed by atoms with van der Waals surface area (Å²) in [6, 6.07) is 23.1. The van der Waals surface area contributed by atoms with Gasteiger partial charge in [0.25, 0.3) is 0 Å². The third kappa shape index (κ3) is 4.33. The maximum atomic E-state index is 11.6. The van der Waals surface area contributed by atoms with E-state index in [1.807, 2.05) is 12.1 Å². The van der Waals surface area contributed by atoms with E-state index in [4.69, 9.17) is 9.72 Å². The largest absolute Gasteiger partial charge is 0.388 e. The van der Waals surface area contributed by atoms with Crippen molar-refractivity contribution >= 4 is 5.82 Å². The molecule has 0 saturated carbocycles. The van der Waals surface area contributed by atoms with Gasteiger partial charge in [-0.05, 0) is 60.7 Å². The second kappa shape index (κ2) is 9.60. The summed E-state index contributed by atoms with van der Waals surface area (Å²) in [7, 11) is 1.64. The molecule has 5 heterocycles. The van der Waals surface area contributed by atoms with Crippen molar-refractivity contribution in [2.24, 2.45) is 5.92 Å². The second-order valence-corrected chi connectivity index (χ2v) is 10.6. The maximum absolute atomic E-state index is 11.6. The molecule has 4 aliphatic heterocycles. The Kier molecular flexibility index (Phi) is 6.30. The van der Waals surface area contributed by atoms with Gasteiger partial charge in [-0.1, -0.05) is 54.6 Å². The lowest BCUT2D eigenvalue weighted by atomic mass is 9.71. The van der Waals surface area contributed by atoms with Crippen molar-refractivity contribution in [1.29, 1.82) is 0 Å². The smallest absolute Gasteiger partial charge is 0.129 e. The molecule has 2 aromatic carbocycles. The molecule has 2 N–H and O–H groups in total. The number of hydrogen-bond acceptors (Lipinski definition) is 6. The van der Waals surface area contributed by atoms with Crippen LogP contribution in [-0.2, 0) is 16.8 Å². The highest BCUT2D eigenvalue weighted by atomic mass is 16.5. The molecule has 4 fully saturated rings. The number of anilines is 1. The van der Waals surface area contributed by atoms with Crippen LogP contribution in [0, 0.1) is 5.92 Å². The van der Waals surface area contributed by atoms with E-state index in [0.717, 1.165) is 67.1 Å². The highest BCUT2D eigenvalue weighted by molar-refractivity contribution is 5.69. The Morgan fingerprint density at radius 1 is 0.972 bits per heavy atom. The number of pyridine rings is 1. The van der Waals surface area contributed by atoms with Crippen molar-refractivity contribution < 1.29 is 14.9 Å². The number of benzene rings is 2. The molecule has 6 heteroatoms. The molecule has 36 heavy (non-hydrogen) atoms. The number of aliphatic hydroxyl groups excluding tert-OH is 1. The Labute approximate surface area is 213 Å². The third-order valence-corrected chi connectivity index (χ3v) is 8.46. The Balaban J connectivity index is 1.32. The number of aromatic nitrogens is 1. The SMILES string of the molecule is COC1CN(c2ccc(-c3ccc(C4(O)CN5CCC4CC5)cc3)c(Cc3ccccc3)n2)CC1O. The first-order chi connectivity index (χ1) is 17.5. The topological polar surface area (TPSA) is 69.1 Å². The van der Waals surface area contributed by atoms with Crippen molar-refractivity contribution in [3.05, 3.63) is 83.6 Å². The number of nitrogens with zero attached hydrogens (tertiary/aromatic N) is 3. The molecule has 0 radical (unpaired) electrons. The molecular formula is C30H35N3O3. The standard InChI is InChI=1S/C30H35N3O3/c1-36-28-19-33(18-27(28)34)29-12-11-25(26(31-29)17-21-5-3-2-4-6-21)22-7-9-23(10-8-22)30(35)20-32-15-13-24(30)14-16-32/h2-12,24,27-28,34-35H,13-20H2,1H3. The third-order valence-electron chi connectivity index (χ3n) is 8.46. The quantitative estimate of drug-likeness (QED) is 0.558. The van der Waals surface area contributed by atoms with Crippen molar-refractivity contribution in [3.63, 3.8) is 0 Å². The first-order valence-electron chi connectivity index (χ1n) is 13.1. The summed E-state index contributed by atoms with van der Waals surface area (Å²) in [6.07, 6.45) is 2.14. The lowest BCUT2D eigenvalue weighted by Gasteiger charge is -2.50. The fourth-order valence-corrected chi connectivity index (χ4v) is 6.33. The highest BCUT2D eigenvalue weighted by Gasteiger charge is 2.46. The normalized spacial score (nSPS) is 29.6. The summed E-state index contributed by atoms with van der Waals surface area (Å²) in [5.74, 6) is 1.20. The summed E-state index contributed by atoms with van der Waals surface area (Å²) in [4.78, 5) is 9.58. The fraction of sp³-hybridized carbons (Fsp3) is 0.433. The van der Waals surface area contributed by atoms with Gasteiger partial charge >= 0.3 is 0 Å². The van der Waals surface area contributed by atoms with Gasteiger partial charge in [0.05, 0.1) is 11.8 Å². The molecule has 4 saturated heterocycles. The Hall–Kier alpha value is -2.77.